The van der Waals surface area contributed by atoms with Crippen LogP contribution in [0.4, 0.5) is 0 Å². The standard InChI is InChI=1S/C54H34N4/c1-3-14-37(15-4-1)54-55-47-31-26-38(39-25-30-44-43-19-9-11-21-48(43)58(51(44)34-39)40-16-5-2-6-17-40)33-46(47)53(56-54)36-23-28-41(29-24-36)57-49-22-12-10-20-45(49)52-42-18-8-7-13-35(42)27-32-50(52)57/h1-34H. The monoisotopic (exact) mass is 738 g/mol. The fourth-order valence-corrected chi connectivity index (χ4v) is 9.04. The summed E-state index contributed by atoms with van der Waals surface area (Å²) in [6.45, 7) is 0. The summed E-state index contributed by atoms with van der Waals surface area (Å²) in [7, 11) is 0. The molecule has 3 aromatic heterocycles. The van der Waals surface area contributed by atoms with Gasteiger partial charge in [-0.3, -0.25) is 0 Å². The molecule has 12 aromatic rings. The lowest BCUT2D eigenvalue weighted by Crippen LogP contribution is -1.97. The third-order valence-corrected chi connectivity index (χ3v) is 11.7. The lowest BCUT2D eigenvalue weighted by atomic mass is 9.98. The molecule has 58 heavy (non-hydrogen) atoms. The van der Waals surface area contributed by atoms with Crippen LogP contribution >= 0.6 is 0 Å². The second kappa shape index (κ2) is 12.9. The third-order valence-electron chi connectivity index (χ3n) is 11.7. The van der Waals surface area contributed by atoms with Crippen molar-refractivity contribution in [1.29, 1.82) is 0 Å². The van der Waals surface area contributed by atoms with Gasteiger partial charge in [-0.05, 0) is 82.6 Å². The topological polar surface area (TPSA) is 35.6 Å². The summed E-state index contributed by atoms with van der Waals surface area (Å²) < 4.78 is 4.76. The van der Waals surface area contributed by atoms with E-state index in [-0.39, 0.29) is 0 Å². The lowest BCUT2D eigenvalue weighted by molar-refractivity contribution is 1.18. The van der Waals surface area contributed by atoms with Crippen molar-refractivity contribution in [1.82, 2.24) is 19.1 Å². The maximum atomic E-state index is 5.31. The Bertz CT molecular complexity index is 3540. The molecule has 0 atom stereocenters. The second-order valence-corrected chi connectivity index (χ2v) is 15.0. The first kappa shape index (κ1) is 32.4. The van der Waals surface area contributed by atoms with E-state index in [1.54, 1.807) is 0 Å². The van der Waals surface area contributed by atoms with Crippen molar-refractivity contribution in [2.75, 3.05) is 0 Å². The molecular formula is C54H34N4. The van der Waals surface area contributed by atoms with Gasteiger partial charge in [-0.1, -0.05) is 146 Å². The van der Waals surface area contributed by atoms with Crippen LogP contribution in [-0.4, -0.2) is 19.1 Å². The van der Waals surface area contributed by atoms with Gasteiger partial charge in [0.2, 0.25) is 0 Å². The Kier molecular flexibility index (Phi) is 7.20. The third kappa shape index (κ3) is 5.02. The van der Waals surface area contributed by atoms with Crippen LogP contribution in [0.2, 0.25) is 0 Å². The normalized spacial score (nSPS) is 11.8. The summed E-state index contributed by atoms with van der Waals surface area (Å²) in [4.78, 5) is 10.4. The molecule has 4 nitrogen and oxygen atoms in total. The smallest absolute Gasteiger partial charge is 0.160 e. The first-order valence-electron chi connectivity index (χ1n) is 19.7. The predicted octanol–water partition coefficient (Wildman–Crippen LogP) is 14.0. The minimum Gasteiger partial charge on any atom is -0.309 e. The molecule has 9 aromatic carbocycles. The van der Waals surface area contributed by atoms with Crippen LogP contribution in [0.1, 0.15) is 0 Å². The maximum Gasteiger partial charge on any atom is 0.160 e. The molecule has 3 heterocycles. The van der Waals surface area contributed by atoms with E-state index in [0.29, 0.717) is 5.82 Å². The molecule has 0 radical (unpaired) electrons. The summed E-state index contributed by atoms with van der Waals surface area (Å²) in [5, 5.41) is 8.53. The van der Waals surface area contributed by atoms with Crippen molar-refractivity contribution in [2.45, 2.75) is 0 Å². The number of hydrogen-bond acceptors (Lipinski definition) is 2. The molecule has 0 N–H and O–H groups in total. The highest BCUT2D eigenvalue weighted by Crippen LogP contribution is 2.39. The van der Waals surface area contributed by atoms with Crippen LogP contribution in [-0.2, 0) is 0 Å². The van der Waals surface area contributed by atoms with E-state index in [1.807, 2.05) is 18.2 Å². The number of para-hydroxylation sites is 3. The minimum absolute atomic E-state index is 0.711. The number of nitrogens with zero attached hydrogens (tertiary/aromatic N) is 4. The van der Waals surface area contributed by atoms with Crippen LogP contribution in [0, 0.1) is 0 Å². The van der Waals surface area contributed by atoms with Gasteiger partial charge in [0, 0.05) is 49.4 Å². The molecule has 0 amide bonds. The molecule has 270 valence electrons. The van der Waals surface area contributed by atoms with Crippen LogP contribution in [0.5, 0.6) is 0 Å². The van der Waals surface area contributed by atoms with E-state index in [4.69, 9.17) is 9.97 Å². The molecular weight excluding hydrogens is 705 g/mol. The molecule has 12 rings (SSSR count). The van der Waals surface area contributed by atoms with Gasteiger partial charge in [-0.2, -0.15) is 0 Å². The molecule has 0 aliphatic heterocycles. The van der Waals surface area contributed by atoms with Crippen LogP contribution < -0.4 is 0 Å². The Morgan fingerprint density at radius 1 is 0.310 bits per heavy atom. The summed E-state index contributed by atoms with van der Waals surface area (Å²) in [5.74, 6) is 0.711. The Hall–Kier alpha value is -7.82. The molecule has 0 spiro atoms. The number of rotatable bonds is 5. The predicted molar refractivity (Wildman–Crippen MR) is 242 cm³/mol. The van der Waals surface area contributed by atoms with Gasteiger partial charge in [0.15, 0.2) is 5.82 Å². The average molecular weight is 739 g/mol. The number of fused-ring (bicyclic) bond motifs is 9. The maximum absolute atomic E-state index is 5.31. The summed E-state index contributed by atoms with van der Waals surface area (Å²) >= 11 is 0. The van der Waals surface area contributed by atoms with E-state index in [1.165, 1.54) is 54.4 Å². The van der Waals surface area contributed by atoms with Crippen molar-refractivity contribution >= 4 is 65.3 Å². The SMILES string of the molecule is c1ccc(-c2nc(-c3ccc(-n4c5ccccc5c5c6ccccc6ccc54)cc3)c3cc(-c4ccc5c6ccccc6n(-c6ccccc6)c5c4)ccc3n2)cc1. The Morgan fingerprint density at radius 2 is 0.897 bits per heavy atom. The number of aromatic nitrogens is 4. The number of benzene rings is 9. The molecule has 4 heteroatoms. The van der Waals surface area contributed by atoms with Gasteiger partial charge < -0.3 is 9.13 Å². The minimum atomic E-state index is 0.711. The van der Waals surface area contributed by atoms with Crippen molar-refractivity contribution in [3.63, 3.8) is 0 Å². The zero-order valence-electron chi connectivity index (χ0n) is 31.4. The van der Waals surface area contributed by atoms with Crippen molar-refractivity contribution < 1.29 is 0 Å². The average Bonchev–Trinajstić information content (AvgIpc) is 3.82. The largest absolute Gasteiger partial charge is 0.309 e. The van der Waals surface area contributed by atoms with Crippen LogP contribution in [0.25, 0.3) is 110 Å². The van der Waals surface area contributed by atoms with Crippen molar-refractivity contribution in [3.8, 4) is 45.1 Å². The molecule has 0 saturated heterocycles. The highest BCUT2D eigenvalue weighted by atomic mass is 15.0. The van der Waals surface area contributed by atoms with Crippen molar-refractivity contribution in [2.24, 2.45) is 0 Å². The van der Waals surface area contributed by atoms with E-state index >= 15 is 0 Å². The van der Waals surface area contributed by atoms with E-state index in [0.717, 1.165) is 50.2 Å². The van der Waals surface area contributed by atoms with Gasteiger partial charge >= 0.3 is 0 Å². The highest BCUT2D eigenvalue weighted by molar-refractivity contribution is 6.21. The first-order chi connectivity index (χ1) is 28.8. The van der Waals surface area contributed by atoms with E-state index in [2.05, 4.69) is 197 Å². The second-order valence-electron chi connectivity index (χ2n) is 15.0. The van der Waals surface area contributed by atoms with Gasteiger partial charge in [0.05, 0.1) is 33.3 Å². The first-order valence-corrected chi connectivity index (χ1v) is 19.7. The zero-order chi connectivity index (χ0) is 38.2. The molecule has 0 saturated carbocycles. The van der Waals surface area contributed by atoms with Gasteiger partial charge in [0.25, 0.3) is 0 Å². The van der Waals surface area contributed by atoms with Crippen molar-refractivity contribution in [3.05, 3.63) is 206 Å². The fraction of sp³-hybridized carbons (Fsp3) is 0. The Morgan fingerprint density at radius 3 is 1.71 bits per heavy atom. The highest BCUT2D eigenvalue weighted by Gasteiger charge is 2.18. The molecule has 0 aliphatic carbocycles. The Labute approximate surface area is 334 Å². The van der Waals surface area contributed by atoms with Gasteiger partial charge in [0.1, 0.15) is 0 Å². The van der Waals surface area contributed by atoms with E-state index < -0.39 is 0 Å². The fourth-order valence-electron chi connectivity index (χ4n) is 9.04. The lowest BCUT2D eigenvalue weighted by Gasteiger charge is -2.13. The van der Waals surface area contributed by atoms with Crippen LogP contribution in [0.15, 0.2) is 206 Å². The summed E-state index contributed by atoms with van der Waals surface area (Å²) in [6, 6.07) is 73.8. The zero-order valence-corrected chi connectivity index (χ0v) is 31.4. The summed E-state index contributed by atoms with van der Waals surface area (Å²) in [5.41, 5.74) is 13.1. The van der Waals surface area contributed by atoms with Gasteiger partial charge in [-0.25, -0.2) is 9.97 Å². The van der Waals surface area contributed by atoms with E-state index in [9.17, 15) is 0 Å². The Balaban J connectivity index is 1.03. The van der Waals surface area contributed by atoms with Crippen LogP contribution in [0.3, 0.4) is 0 Å². The molecule has 0 bridgehead atoms. The quantitative estimate of drug-likeness (QED) is 0.176. The molecule has 0 unspecified atom stereocenters. The summed E-state index contributed by atoms with van der Waals surface area (Å²) in [6.07, 6.45) is 0. The van der Waals surface area contributed by atoms with Gasteiger partial charge in [-0.15, -0.1) is 0 Å². The molecule has 0 aliphatic rings. The molecule has 0 fully saturated rings. The number of hydrogen-bond donors (Lipinski definition) is 0.